The van der Waals surface area contributed by atoms with Crippen molar-refractivity contribution in [1.82, 2.24) is 9.88 Å². The number of nitrogens with zero attached hydrogens (tertiary/aromatic N) is 2. The zero-order chi connectivity index (χ0) is 21.6. The number of likely N-dealkylation sites (tertiary alicyclic amines) is 1. The van der Waals surface area contributed by atoms with Crippen LogP contribution in [0, 0.1) is 0 Å². The number of hydrogen-bond acceptors (Lipinski definition) is 5. The second kappa shape index (κ2) is 9.77. The smallest absolute Gasteiger partial charge is 0.307 e. The number of rotatable bonds is 7. The highest BCUT2D eigenvalue weighted by Gasteiger charge is 2.30. The molecule has 6 heteroatoms. The van der Waals surface area contributed by atoms with E-state index in [-0.39, 0.29) is 24.3 Å². The van der Waals surface area contributed by atoms with Crippen molar-refractivity contribution in [2.75, 3.05) is 13.2 Å². The SMILES string of the molecule is CCOC(=O)C[C@@H]1CCCCN1C(=O)c1ccc2oc(CCc3ccccc3)nc2c1. The molecule has 1 aliphatic heterocycles. The van der Waals surface area contributed by atoms with Crippen molar-refractivity contribution >= 4 is 23.0 Å². The van der Waals surface area contributed by atoms with E-state index in [0.717, 1.165) is 25.7 Å². The van der Waals surface area contributed by atoms with Gasteiger partial charge < -0.3 is 14.1 Å². The lowest BCUT2D eigenvalue weighted by molar-refractivity contribution is -0.144. The van der Waals surface area contributed by atoms with E-state index in [9.17, 15) is 9.59 Å². The summed E-state index contributed by atoms with van der Waals surface area (Å²) >= 11 is 0. The summed E-state index contributed by atoms with van der Waals surface area (Å²) in [5.74, 6) is 0.355. The van der Waals surface area contributed by atoms with Gasteiger partial charge in [0.25, 0.3) is 5.91 Å². The monoisotopic (exact) mass is 420 g/mol. The Morgan fingerprint density at radius 3 is 2.77 bits per heavy atom. The fourth-order valence-electron chi connectivity index (χ4n) is 4.17. The Labute approximate surface area is 182 Å². The van der Waals surface area contributed by atoms with E-state index in [2.05, 4.69) is 17.1 Å². The van der Waals surface area contributed by atoms with Crippen LogP contribution < -0.4 is 0 Å². The third-order valence-corrected chi connectivity index (χ3v) is 5.74. The summed E-state index contributed by atoms with van der Waals surface area (Å²) in [5.41, 5.74) is 3.18. The molecule has 3 aromatic rings. The van der Waals surface area contributed by atoms with Crippen LogP contribution in [0.15, 0.2) is 52.9 Å². The van der Waals surface area contributed by atoms with E-state index in [4.69, 9.17) is 9.15 Å². The maximum Gasteiger partial charge on any atom is 0.307 e. The Hall–Kier alpha value is -3.15. The minimum atomic E-state index is -0.248. The number of aryl methyl sites for hydroxylation is 2. The molecule has 2 aromatic carbocycles. The Morgan fingerprint density at radius 2 is 1.97 bits per heavy atom. The van der Waals surface area contributed by atoms with Gasteiger partial charge in [0.2, 0.25) is 0 Å². The van der Waals surface area contributed by atoms with Crippen LogP contribution in [0.4, 0.5) is 0 Å². The van der Waals surface area contributed by atoms with Gasteiger partial charge in [-0.25, -0.2) is 4.98 Å². The Balaban J connectivity index is 1.47. The van der Waals surface area contributed by atoms with E-state index < -0.39 is 0 Å². The standard InChI is InChI=1S/C25H28N2O4/c1-2-30-24(28)17-20-10-6-7-15-27(20)25(29)19-12-13-22-21(16-19)26-23(31-22)14-11-18-8-4-3-5-9-18/h3-5,8-9,12-13,16,20H,2,6-7,10-11,14-15,17H2,1H3/t20-/m0/s1. The average Bonchev–Trinajstić information content (AvgIpc) is 3.21. The lowest BCUT2D eigenvalue weighted by Crippen LogP contribution is -2.45. The zero-order valence-corrected chi connectivity index (χ0v) is 17.9. The number of hydrogen-bond donors (Lipinski definition) is 0. The summed E-state index contributed by atoms with van der Waals surface area (Å²) in [7, 11) is 0. The molecule has 0 bridgehead atoms. The summed E-state index contributed by atoms with van der Waals surface area (Å²) in [6, 6.07) is 15.5. The molecule has 0 unspecified atom stereocenters. The van der Waals surface area contributed by atoms with Gasteiger partial charge in [-0.05, 0) is 56.4 Å². The third-order valence-electron chi connectivity index (χ3n) is 5.74. The maximum atomic E-state index is 13.2. The summed E-state index contributed by atoms with van der Waals surface area (Å²) in [6.45, 7) is 2.81. The second-order valence-corrected chi connectivity index (χ2v) is 7.93. The normalized spacial score (nSPS) is 16.4. The predicted molar refractivity (Wildman–Crippen MR) is 118 cm³/mol. The molecule has 2 heterocycles. The van der Waals surface area contributed by atoms with Crippen LogP contribution in [0.3, 0.4) is 0 Å². The third kappa shape index (κ3) is 5.13. The van der Waals surface area contributed by atoms with E-state index in [1.54, 1.807) is 19.1 Å². The zero-order valence-electron chi connectivity index (χ0n) is 17.9. The number of benzene rings is 2. The second-order valence-electron chi connectivity index (χ2n) is 7.93. The molecule has 1 aliphatic rings. The first-order valence-electron chi connectivity index (χ1n) is 11.0. The van der Waals surface area contributed by atoms with Gasteiger partial charge in [-0.15, -0.1) is 0 Å². The molecule has 31 heavy (non-hydrogen) atoms. The van der Waals surface area contributed by atoms with Crippen molar-refractivity contribution in [2.45, 2.75) is 51.5 Å². The Kier molecular flexibility index (Phi) is 6.65. The summed E-state index contributed by atoms with van der Waals surface area (Å²) < 4.78 is 11.0. The first-order chi connectivity index (χ1) is 15.1. The quantitative estimate of drug-likeness (QED) is 0.524. The van der Waals surface area contributed by atoms with Gasteiger partial charge in [0.15, 0.2) is 11.5 Å². The first-order valence-corrected chi connectivity index (χ1v) is 11.0. The number of oxazole rings is 1. The summed E-state index contributed by atoms with van der Waals surface area (Å²) in [5, 5.41) is 0. The van der Waals surface area contributed by atoms with E-state index in [1.807, 2.05) is 29.2 Å². The highest BCUT2D eigenvalue weighted by Crippen LogP contribution is 2.25. The van der Waals surface area contributed by atoms with Crippen molar-refractivity contribution in [1.29, 1.82) is 0 Å². The van der Waals surface area contributed by atoms with E-state index in [1.165, 1.54) is 5.56 Å². The molecule has 0 N–H and O–H groups in total. The van der Waals surface area contributed by atoms with Crippen LogP contribution in [-0.2, 0) is 22.4 Å². The molecule has 1 aromatic heterocycles. The number of carbonyl (C=O) groups excluding carboxylic acids is 2. The van der Waals surface area contributed by atoms with Gasteiger partial charge in [-0.1, -0.05) is 30.3 Å². The molecule has 6 nitrogen and oxygen atoms in total. The molecule has 0 aliphatic carbocycles. The average molecular weight is 421 g/mol. The molecule has 1 amide bonds. The molecule has 0 spiro atoms. The fourth-order valence-corrected chi connectivity index (χ4v) is 4.17. The van der Waals surface area contributed by atoms with E-state index >= 15 is 0 Å². The lowest BCUT2D eigenvalue weighted by atomic mass is 9.98. The molecule has 0 saturated carbocycles. The Bertz CT molecular complexity index is 1040. The largest absolute Gasteiger partial charge is 0.466 e. The summed E-state index contributed by atoms with van der Waals surface area (Å²) in [4.78, 5) is 31.6. The highest BCUT2D eigenvalue weighted by atomic mass is 16.5. The molecule has 0 radical (unpaired) electrons. The van der Waals surface area contributed by atoms with Crippen LogP contribution in [0.5, 0.6) is 0 Å². The molecule has 162 valence electrons. The molecule has 1 fully saturated rings. The molecular weight excluding hydrogens is 392 g/mol. The van der Waals surface area contributed by atoms with Crippen LogP contribution in [0.25, 0.3) is 11.1 Å². The Morgan fingerprint density at radius 1 is 1.13 bits per heavy atom. The minimum Gasteiger partial charge on any atom is -0.466 e. The topological polar surface area (TPSA) is 72.6 Å². The van der Waals surface area contributed by atoms with Crippen molar-refractivity contribution in [3.63, 3.8) is 0 Å². The molecule has 1 atom stereocenters. The van der Waals surface area contributed by atoms with Gasteiger partial charge in [0.05, 0.1) is 13.0 Å². The lowest BCUT2D eigenvalue weighted by Gasteiger charge is -2.35. The number of fused-ring (bicyclic) bond motifs is 1. The van der Waals surface area contributed by atoms with Crippen molar-refractivity contribution in [3.8, 4) is 0 Å². The molecule has 1 saturated heterocycles. The molecular formula is C25H28N2O4. The van der Waals surface area contributed by atoms with Crippen molar-refractivity contribution < 1.29 is 18.7 Å². The van der Waals surface area contributed by atoms with Crippen LogP contribution >= 0.6 is 0 Å². The van der Waals surface area contributed by atoms with Gasteiger partial charge in [0.1, 0.15) is 5.52 Å². The van der Waals surface area contributed by atoms with Gasteiger partial charge in [-0.2, -0.15) is 0 Å². The minimum absolute atomic E-state index is 0.0651. The highest BCUT2D eigenvalue weighted by molar-refractivity contribution is 5.97. The van der Waals surface area contributed by atoms with Crippen molar-refractivity contribution in [3.05, 3.63) is 65.5 Å². The number of aromatic nitrogens is 1. The van der Waals surface area contributed by atoms with Crippen LogP contribution in [-0.4, -0.2) is 41.0 Å². The number of carbonyl (C=O) groups is 2. The van der Waals surface area contributed by atoms with Crippen LogP contribution in [0.1, 0.15) is 54.4 Å². The maximum absolute atomic E-state index is 13.2. The van der Waals surface area contributed by atoms with Gasteiger partial charge in [0, 0.05) is 24.6 Å². The predicted octanol–water partition coefficient (Wildman–Crippen LogP) is 4.56. The van der Waals surface area contributed by atoms with Crippen LogP contribution in [0.2, 0.25) is 0 Å². The van der Waals surface area contributed by atoms with E-state index in [0.29, 0.717) is 42.1 Å². The van der Waals surface area contributed by atoms with Gasteiger partial charge >= 0.3 is 5.97 Å². The molecule has 4 rings (SSSR count). The number of esters is 1. The summed E-state index contributed by atoms with van der Waals surface area (Å²) in [6.07, 6.45) is 4.58. The number of ether oxygens (including phenoxy) is 1. The fraction of sp³-hybridized carbons (Fsp3) is 0.400. The number of piperidine rings is 1. The van der Waals surface area contributed by atoms with Gasteiger partial charge in [-0.3, -0.25) is 9.59 Å². The first kappa shape index (κ1) is 21.1. The van der Waals surface area contributed by atoms with Crippen molar-refractivity contribution in [2.24, 2.45) is 0 Å². The number of amides is 1.